The number of carbonyl (C=O) groups excluding carboxylic acids is 1. The van der Waals surface area contributed by atoms with Crippen LogP contribution in [0.15, 0.2) is 36.1 Å². The number of hydrogen-bond acceptors (Lipinski definition) is 4. The van der Waals surface area contributed by atoms with E-state index in [1.807, 2.05) is 16.5 Å². The molecule has 5 heteroatoms. The SMILES string of the molecule is O=C(c1ccncc1)N(CCc1nccs1)C1CC1. The van der Waals surface area contributed by atoms with E-state index in [0.29, 0.717) is 6.04 Å². The summed E-state index contributed by atoms with van der Waals surface area (Å²) in [6.07, 6.45) is 8.22. The molecule has 3 rings (SSSR count). The Morgan fingerprint density at radius 2 is 2.11 bits per heavy atom. The summed E-state index contributed by atoms with van der Waals surface area (Å²) < 4.78 is 0. The molecule has 1 aliphatic rings. The highest BCUT2D eigenvalue weighted by molar-refractivity contribution is 7.09. The van der Waals surface area contributed by atoms with Gasteiger partial charge in [-0.15, -0.1) is 11.3 Å². The molecule has 0 bridgehead atoms. The largest absolute Gasteiger partial charge is 0.335 e. The summed E-state index contributed by atoms with van der Waals surface area (Å²) in [6, 6.07) is 3.97. The third kappa shape index (κ3) is 2.98. The van der Waals surface area contributed by atoms with Crippen molar-refractivity contribution in [2.24, 2.45) is 0 Å². The first-order valence-corrected chi connectivity index (χ1v) is 7.32. The summed E-state index contributed by atoms with van der Waals surface area (Å²) in [6.45, 7) is 0.749. The van der Waals surface area contributed by atoms with Crippen LogP contribution >= 0.6 is 11.3 Å². The lowest BCUT2D eigenvalue weighted by molar-refractivity contribution is 0.0745. The average molecular weight is 273 g/mol. The van der Waals surface area contributed by atoms with Gasteiger partial charge in [-0.2, -0.15) is 0 Å². The number of aromatic nitrogens is 2. The molecule has 0 saturated heterocycles. The van der Waals surface area contributed by atoms with E-state index in [0.717, 1.165) is 36.4 Å². The Labute approximate surface area is 116 Å². The molecule has 1 aliphatic carbocycles. The molecule has 0 aromatic carbocycles. The molecule has 0 atom stereocenters. The van der Waals surface area contributed by atoms with Gasteiger partial charge in [-0.1, -0.05) is 0 Å². The zero-order chi connectivity index (χ0) is 13.1. The van der Waals surface area contributed by atoms with Gasteiger partial charge in [0.1, 0.15) is 0 Å². The quantitative estimate of drug-likeness (QED) is 0.840. The molecule has 0 spiro atoms. The van der Waals surface area contributed by atoms with Crippen molar-refractivity contribution in [2.75, 3.05) is 6.54 Å². The molecule has 4 nitrogen and oxygen atoms in total. The summed E-state index contributed by atoms with van der Waals surface area (Å²) in [5.41, 5.74) is 0.723. The highest BCUT2D eigenvalue weighted by Crippen LogP contribution is 2.28. The zero-order valence-electron chi connectivity index (χ0n) is 10.5. The molecular weight excluding hydrogens is 258 g/mol. The normalized spacial score (nSPS) is 14.3. The Morgan fingerprint density at radius 3 is 2.74 bits per heavy atom. The van der Waals surface area contributed by atoms with E-state index in [1.165, 1.54) is 0 Å². The first-order valence-electron chi connectivity index (χ1n) is 6.44. The summed E-state index contributed by atoms with van der Waals surface area (Å²) in [4.78, 5) is 22.7. The first-order chi connectivity index (χ1) is 9.34. The lowest BCUT2D eigenvalue weighted by Crippen LogP contribution is -2.34. The smallest absolute Gasteiger partial charge is 0.254 e. The van der Waals surface area contributed by atoms with Gasteiger partial charge in [0.15, 0.2) is 0 Å². The minimum Gasteiger partial charge on any atom is -0.335 e. The number of nitrogens with zero attached hydrogens (tertiary/aromatic N) is 3. The number of carbonyl (C=O) groups is 1. The molecule has 2 heterocycles. The molecule has 2 aromatic rings. The molecule has 2 aromatic heterocycles. The summed E-state index contributed by atoms with van der Waals surface area (Å²) in [7, 11) is 0. The van der Waals surface area contributed by atoms with Gasteiger partial charge in [0.25, 0.3) is 5.91 Å². The second-order valence-electron chi connectivity index (χ2n) is 4.64. The number of amides is 1. The Bertz CT molecular complexity index is 537. The Kier molecular flexibility index (Phi) is 3.55. The minimum atomic E-state index is 0.112. The van der Waals surface area contributed by atoms with Crippen LogP contribution in [-0.4, -0.2) is 33.4 Å². The van der Waals surface area contributed by atoms with E-state index in [9.17, 15) is 4.79 Å². The molecule has 1 amide bonds. The molecule has 1 fully saturated rings. The highest BCUT2D eigenvalue weighted by atomic mass is 32.1. The average Bonchev–Trinajstić information content (AvgIpc) is 3.15. The van der Waals surface area contributed by atoms with Gasteiger partial charge in [-0.25, -0.2) is 4.98 Å². The molecule has 0 radical (unpaired) electrons. The highest BCUT2D eigenvalue weighted by Gasteiger charge is 2.32. The van der Waals surface area contributed by atoms with Crippen LogP contribution in [-0.2, 0) is 6.42 Å². The van der Waals surface area contributed by atoms with Crippen molar-refractivity contribution in [2.45, 2.75) is 25.3 Å². The van der Waals surface area contributed by atoms with Crippen LogP contribution < -0.4 is 0 Å². The van der Waals surface area contributed by atoms with Crippen molar-refractivity contribution in [3.8, 4) is 0 Å². The molecular formula is C14H15N3OS. The monoisotopic (exact) mass is 273 g/mol. The van der Waals surface area contributed by atoms with E-state index in [4.69, 9.17) is 0 Å². The van der Waals surface area contributed by atoms with Crippen molar-refractivity contribution in [3.63, 3.8) is 0 Å². The fraction of sp³-hybridized carbons (Fsp3) is 0.357. The van der Waals surface area contributed by atoms with E-state index in [-0.39, 0.29) is 5.91 Å². The van der Waals surface area contributed by atoms with Gasteiger partial charge in [-0.3, -0.25) is 9.78 Å². The lowest BCUT2D eigenvalue weighted by Gasteiger charge is -2.22. The number of pyridine rings is 1. The number of thiazole rings is 1. The second-order valence-corrected chi connectivity index (χ2v) is 5.62. The van der Waals surface area contributed by atoms with Crippen LogP contribution in [0.25, 0.3) is 0 Å². The van der Waals surface area contributed by atoms with Gasteiger partial charge in [-0.05, 0) is 25.0 Å². The predicted octanol–water partition coefficient (Wildman–Crippen LogP) is 2.39. The van der Waals surface area contributed by atoms with Crippen molar-refractivity contribution in [1.29, 1.82) is 0 Å². The van der Waals surface area contributed by atoms with Crippen LogP contribution in [0, 0.1) is 0 Å². The molecule has 0 aliphatic heterocycles. The second kappa shape index (κ2) is 5.48. The van der Waals surface area contributed by atoms with E-state index < -0.39 is 0 Å². The fourth-order valence-corrected chi connectivity index (χ4v) is 2.70. The molecule has 0 unspecified atom stereocenters. The molecule has 98 valence electrons. The van der Waals surface area contributed by atoms with Crippen LogP contribution in [0.4, 0.5) is 0 Å². The van der Waals surface area contributed by atoms with E-state index in [1.54, 1.807) is 35.9 Å². The van der Waals surface area contributed by atoms with Gasteiger partial charge >= 0.3 is 0 Å². The molecule has 1 saturated carbocycles. The van der Waals surface area contributed by atoms with Crippen LogP contribution in [0.2, 0.25) is 0 Å². The van der Waals surface area contributed by atoms with Crippen molar-refractivity contribution < 1.29 is 4.79 Å². The maximum atomic E-state index is 12.5. The number of hydrogen-bond donors (Lipinski definition) is 0. The maximum Gasteiger partial charge on any atom is 0.254 e. The predicted molar refractivity (Wildman–Crippen MR) is 74.1 cm³/mol. The Morgan fingerprint density at radius 1 is 1.32 bits per heavy atom. The van der Waals surface area contributed by atoms with Gasteiger partial charge in [0.05, 0.1) is 5.01 Å². The molecule has 19 heavy (non-hydrogen) atoms. The van der Waals surface area contributed by atoms with Crippen LogP contribution in [0.1, 0.15) is 28.2 Å². The van der Waals surface area contributed by atoms with E-state index >= 15 is 0 Å². The first kappa shape index (κ1) is 12.3. The summed E-state index contributed by atoms with van der Waals surface area (Å²) >= 11 is 1.65. The summed E-state index contributed by atoms with van der Waals surface area (Å²) in [5, 5.41) is 3.06. The zero-order valence-corrected chi connectivity index (χ0v) is 11.3. The third-order valence-electron chi connectivity index (χ3n) is 3.23. The molecule has 0 N–H and O–H groups in total. The van der Waals surface area contributed by atoms with Gasteiger partial charge in [0, 0.05) is 48.5 Å². The lowest BCUT2D eigenvalue weighted by atomic mass is 10.2. The van der Waals surface area contributed by atoms with Crippen molar-refractivity contribution in [1.82, 2.24) is 14.9 Å². The fourth-order valence-electron chi connectivity index (χ4n) is 2.09. The minimum absolute atomic E-state index is 0.112. The van der Waals surface area contributed by atoms with Crippen LogP contribution in [0.5, 0.6) is 0 Å². The Balaban J connectivity index is 1.69. The van der Waals surface area contributed by atoms with Gasteiger partial charge < -0.3 is 4.90 Å². The van der Waals surface area contributed by atoms with E-state index in [2.05, 4.69) is 9.97 Å². The number of rotatable bonds is 5. The Hall–Kier alpha value is -1.75. The van der Waals surface area contributed by atoms with Crippen molar-refractivity contribution in [3.05, 3.63) is 46.7 Å². The summed E-state index contributed by atoms with van der Waals surface area (Å²) in [5.74, 6) is 0.112. The third-order valence-corrected chi connectivity index (χ3v) is 4.07. The topological polar surface area (TPSA) is 46.1 Å². The van der Waals surface area contributed by atoms with Crippen LogP contribution in [0.3, 0.4) is 0 Å². The standard InChI is InChI=1S/C14H15N3OS/c18-14(11-3-6-15-7-4-11)17(12-1-2-12)9-5-13-16-8-10-19-13/h3-4,6-8,10,12H,1-2,5,9H2. The van der Waals surface area contributed by atoms with Crippen molar-refractivity contribution >= 4 is 17.2 Å². The van der Waals surface area contributed by atoms with Gasteiger partial charge in [0.2, 0.25) is 0 Å². The maximum absolute atomic E-state index is 12.5.